The summed E-state index contributed by atoms with van der Waals surface area (Å²) in [4.78, 5) is 12.6. The number of pyridine rings is 1. The van der Waals surface area contributed by atoms with Crippen molar-refractivity contribution in [2.75, 3.05) is 13.6 Å². The summed E-state index contributed by atoms with van der Waals surface area (Å²) in [5.41, 5.74) is 1.07. The second-order valence-corrected chi connectivity index (χ2v) is 6.18. The molecule has 2 aromatic heterocycles. The van der Waals surface area contributed by atoms with Crippen molar-refractivity contribution in [1.29, 1.82) is 0 Å². The molecule has 0 saturated heterocycles. The van der Waals surface area contributed by atoms with E-state index in [1.807, 2.05) is 29.8 Å². The SMILES string of the molecule is CN=C(NCc1ccnc(-n2ccnc2)c1)NCC(C)Oc1ccc(F)cc1. The van der Waals surface area contributed by atoms with Crippen molar-refractivity contribution in [2.24, 2.45) is 4.99 Å². The first-order valence-electron chi connectivity index (χ1n) is 8.94. The van der Waals surface area contributed by atoms with Crippen LogP contribution in [-0.2, 0) is 6.54 Å². The molecule has 0 saturated carbocycles. The van der Waals surface area contributed by atoms with E-state index >= 15 is 0 Å². The maximum Gasteiger partial charge on any atom is 0.191 e. The van der Waals surface area contributed by atoms with Crippen LogP contribution in [0.3, 0.4) is 0 Å². The number of benzene rings is 1. The molecule has 0 fully saturated rings. The highest BCUT2D eigenvalue weighted by Gasteiger charge is 2.07. The number of hydrogen-bond donors (Lipinski definition) is 2. The van der Waals surface area contributed by atoms with Crippen molar-refractivity contribution in [3.63, 3.8) is 0 Å². The molecule has 1 unspecified atom stereocenters. The second-order valence-electron chi connectivity index (χ2n) is 6.18. The van der Waals surface area contributed by atoms with Crippen LogP contribution < -0.4 is 15.4 Å². The third-order valence-corrected chi connectivity index (χ3v) is 3.97. The monoisotopic (exact) mass is 382 g/mol. The van der Waals surface area contributed by atoms with Crippen molar-refractivity contribution < 1.29 is 9.13 Å². The molecule has 2 N–H and O–H groups in total. The van der Waals surface area contributed by atoms with E-state index in [-0.39, 0.29) is 11.9 Å². The maximum atomic E-state index is 13.0. The fraction of sp³-hybridized carbons (Fsp3) is 0.250. The van der Waals surface area contributed by atoms with E-state index in [1.54, 1.807) is 37.9 Å². The molecule has 2 heterocycles. The van der Waals surface area contributed by atoms with Gasteiger partial charge in [0, 0.05) is 32.2 Å². The average Bonchev–Trinajstić information content (AvgIpc) is 3.25. The molecule has 0 aliphatic rings. The number of hydrogen-bond acceptors (Lipinski definition) is 4. The number of halogens is 1. The molecule has 0 bridgehead atoms. The lowest BCUT2D eigenvalue weighted by atomic mass is 10.2. The van der Waals surface area contributed by atoms with Gasteiger partial charge >= 0.3 is 0 Å². The largest absolute Gasteiger partial charge is 0.489 e. The Morgan fingerprint density at radius 2 is 2.04 bits per heavy atom. The molecule has 1 aromatic carbocycles. The van der Waals surface area contributed by atoms with Crippen molar-refractivity contribution in [1.82, 2.24) is 25.2 Å². The minimum absolute atomic E-state index is 0.113. The van der Waals surface area contributed by atoms with Crippen LogP contribution in [-0.4, -0.2) is 40.2 Å². The summed E-state index contributed by atoms with van der Waals surface area (Å²) in [7, 11) is 1.71. The molecule has 1 atom stereocenters. The minimum atomic E-state index is -0.282. The Hall–Kier alpha value is -3.42. The molecule has 3 rings (SSSR count). The Bertz CT molecular complexity index is 895. The van der Waals surface area contributed by atoms with Gasteiger partial charge in [0.25, 0.3) is 0 Å². The summed E-state index contributed by atoms with van der Waals surface area (Å²) in [6.07, 6.45) is 6.93. The summed E-state index contributed by atoms with van der Waals surface area (Å²) >= 11 is 0. The molecule has 0 aliphatic carbocycles. The molecule has 0 spiro atoms. The molecular weight excluding hydrogens is 359 g/mol. The molecule has 7 nitrogen and oxygen atoms in total. The van der Waals surface area contributed by atoms with E-state index in [2.05, 4.69) is 25.6 Å². The van der Waals surface area contributed by atoms with Gasteiger partial charge in [-0.05, 0) is 48.9 Å². The van der Waals surface area contributed by atoms with Crippen molar-refractivity contribution >= 4 is 5.96 Å². The van der Waals surface area contributed by atoms with Crippen LogP contribution in [0.25, 0.3) is 5.82 Å². The number of nitrogens with one attached hydrogen (secondary N) is 2. The summed E-state index contributed by atoms with van der Waals surface area (Å²) in [5.74, 6) is 1.81. The molecule has 3 aromatic rings. The molecule has 146 valence electrons. The van der Waals surface area contributed by atoms with Gasteiger partial charge in [-0.3, -0.25) is 9.56 Å². The van der Waals surface area contributed by atoms with Gasteiger partial charge in [0.15, 0.2) is 5.96 Å². The van der Waals surface area contributed by atoms with Crippen LogP contribution in [0.4, 0.5) is 4.39 Å². The van der Waals surface area contributed by atoms with Gasteiger partial charge in [-0.15, -0.1) is 0 Å². The highest BCUT2D eigenvalue weighted by atomic mass is 19.1. The summed E-state index contributed by atoms with van der Waals surface area (Å²) in [6.45, 7) is 3.08. The van der Waals surface area contributed by atoms with Crippen molar-refractivity contribution in [2.45, 2.75) is 19.6 Å². The predicted molar refractivity (Wildman–Crippen MR) is 106 cm³/mol. The van der Waals surface area contributed by atoms with Gasteiger partial charge in [-0.1, -0.05) is 0 Å². The first-order valence-corrected chi connectivity index (χ1v) is 8.94. The third kappa shape index (κ3) is 5.54. The molecular formula is C20H23FN6O. The topological polar surface area (TPSA) is 76.4 Å². The average molecular weight is 382 g/mol. The van der Waals surface area contributed by atoms with Gasteiger partial charge in [-0.2, -0.15) is 0 Å². The highest BCUT2D eigenvalue weighted by molar-refractivity contribution is 5.79. The molecule has 0 aliphatic heterocycles. The van der Waals surface area contributed by atoms with Crippen LogP contribution in [0.15, 0.2) is 66.3 Å². The zero-order valence-electron chi connectivity index (χ0n) is 15.8. The van der Waals surface area contributed by atoms with Crippen LogP contribution in [0.2, 0.25) is 0 Å². The first-order chi connectivity index (χ1) is 13.6. The van der Waals surface area contributed by atoms with E-state index in [0.717, 1.165) is 11.4 Å². The van der Waals surface area contributed by atoms with Gasteiger partial charge < -0.3 is 15.4 Å². The lowest BCUT2D eigenvalue weighted by Gasteiger charge is -2.18. The second kappa shape index (κ2) is 9.50. The number of imidazole rings is 1. The van der Waals surface area contributed by atoms with Gasteiger partial charge in [0.05, 0.1) is 6.54 Å². The maximum absolute atomic E-state index is 13.0. The quantitative estimate of drug-likeness (QED) is 0.485. The van der Waals surface area contributed by atoms with E-state index in [9.17, 15) is 4.39 Å². The molecule has 0 radical (unpaired) electrons. The van der Waals surface area contributed by atoms with Crippen LogP contribution in [0.5, 0.6) is 5.75 Å². The normalized spacial score (nSPS) is 12.5. The molecule has 28 heavy (non-hydrogen) atoms. The van der Waals surface area contributed by atoms with E-state index < -0.39 is 0 Å². The Morgan fingerprint density at radius 1 is 1.21 bits per heavy atom. The van der Waals surface area contributed by atoms with Crippen LogP contribution in [0, 0.1) is 5.82 Å². The first kappa shape index (κ1) is 19.3. The molecule has 0 amide bonds. The van der Waals surface area contributed by atoms with Crippen LogP contribution >= 0.6 is 0 Å². The third-order valence-electron chi connectivity index (χ3n) is 3.97. The van der Waals surface area contributed by atoms with Crippen LogP contribution in [0.1, 0.15) is 12.5 Å². The fourth-order valence-electron chi connectivity index (χ4n) is 2.54. The minimum Gasteiger partial charge on any atom is -0.489 e. The highest BCUT2D eigenvalue weighted by Crippen LogP contribution is 2.12. The van der Waals surface area contributed by atoms with E-state index in [0.29, 0.717) is 24.8 Å². The van der Waals surface area contributed by atoms with E-state index in [4.69, 9.17) is 4.74 Å². The zero-order valence-corrected chi connectivity index (χ0v) is 15.8. The summed E-state index contributed by atoms with van der Waals surface area (Å²) in [6, 6.07) is 9.91. The number of ether oxygens (including phenoxy) is 1. The fourth-order valence-corrected chi connectivity index (χ4v) is 2.54. The number of aromatic nitrogens is 3. The predicted octanol–water partition coefficient (Wildman–Crippen LogP) is 2.54. The number of guanidine groups is 1. The summed E-state index contributed by atoms with van der Waals surface area (Å²) in [5, 5.41) is 6.49. The van der Waals surface area contributed by atoms with Gasteiger partial charge in [0.1, 0.15) is 29.8 Å². The standard InChI is InChI=1S/C20H23FN6O/c1-15(28-18-5-3-17(21)4-6-18)12-25-20(22-2)26-13-16-7-8-24-19(11-16)27-10-9-23-14-27/h3-11,14-15H,12-13H2,1-2H3,(H2,22,25,26). The number of aliphatic imine (C=N–C) groups is 1. The Kier molecular flexibility index (Phi) is 6.56. The zero-order chi connectivity index (χ0) is 19.8. The number of rotatable bonds is 7. The van der Waals surface area contributed by atoms with Crippen molar-refractivity contribution in [3.8, 4) is 11.6 Å². The lowest BCUT2D eigenvalue weighted by Crippen LogP contribution is -2.41. The van der Waals surface area contributed by atoms with Gasteiger partial charge in [-0.25, -0.2) is 14.4 Å². The van der Waals surface area contributed by atoms with Crippen molar-refractivity contribution in [3.05, 3.63) is 72.7 Å². The van der Waals surface area contributed by atoms with E-state index in [1.165, 1.54) is 12.1 Å². The Labute approximate surface area is 163 Å². The lowest BCUT2D eigenvalue weighted by molar-refractivity contribution is 0.223. The number of nitrogens with zero attached hydrogens (tertiary/aromatic N) is 4. The smallest absolute Gasteiger partial charge is 0.191 e. The Balaban J connectivity index is 1.48. The van der Waals surface area contributed by atoms with Gasteiger partial charge in [0.2, 0.25) is 0 Å². The molecule has 8 heteroatoms. The Morgan fingerprint density at radius 3 is 2.75 bits per heavy atom. The summed E-state index contributed by atoms with van der Waals surface area (Å²) < 4.78 is 20.6.